The second-order valence-corrected chi connectivity index (χ2v) is 7.00. The number of amides is 1. The fourth-order valence-corrected chi connectivity index (χ4v) is 3.41. The van der Waals surface area contributed by atoms with Crippen molar-refractivity contribution in [2.24, 2.45) is 5.92 Å². The molecule has 1 aromatic carbocycles. The second kappa shape index (κ2) is 8.85. The molecule has 1 aliphatic heterocycles. The van der Waals surface area contributed by atoms with Crippen LogP contribution in [0.1, 0.15) is 36.7 Å². The third-order valence-electron chi connectivity index (χ3n) is 4.84. The Hall–Kier alpha value is -2.34. The van der Waals surface area contributed by atoms with Gasteiger partial charge >= 0.3 is 0 Å². The lowest BCUT2D eigenvalue weighted by Gasteiger charge is -2.30. The van der Waals surface area contributed by atoms with E-state index in [0.29, 0.717) is 12.2 Å². The van der Waals surface area contributed by atoms with E-state index < -0.39 is 0 Å². The summed E-state index contributed by atoms with van der Waals surface area (Å²) in [5, 5.41) is 7.34. The van der Waals surface area contributed by atoms with Gasteiger partial charge in [0.15, 0.2) is 5.69 Å². The zero-order chi connectivity index (χ0) is 18.4. The summed E-state index contributed by atoms with van der Waals surface area (Å²) in [5.41, 5.74) is 1.33. The molecule has 0 radical (unpaired) electrons. The Bertz CT molecular complexity index is 711. The van der Waals surface area contributed by atoms with Crippen molar-refractivity contribution in [3.63, 3.8) is 0 Å². The molecule has 1 aromatic heterocycles. The normalized spacial score (nSPS) is 17.8. The molecule has 2 aromatic rings. The Morgan fingerprint density at radius 1 is 1.31 bits per heavy atom. The summed E-state index contributed by atoms with van der Waals surface area (Å²) >= 11 is 0. The molecule has 1 aliphatic rings. The second-order valence-electron chi connectivity index (χ2n) is 7.00. The highest BCUT2D eigenvalue weighted by Gasteiger charge is 2.15. The zero-order valence-electron chi connectivity index (χ0n) is 15.6. The number of carbonyl (C=O) groups excluding carboxylic acids is 1. The number of rotatable bonds is 7. The van der Waals surface area contributed by atoms with Crippen molar-refractivity contribution in [2.75, 3.05) is 33.3 Å². The first-order valence-corrected chi connectivity index (χ1v) is 9.36. The maximum atomic E-state index is 12.3. The van der Waals surface area contributed by atoms with Crippen molar-refractivity contribution >= 4 is 5.91 Å². The molecule has 1 N–H and O–H groups in total. The number of benzene rings is 1. The van der Waals surface area contributed by atoms with Crippen molar-refractivity contribution in [2.45, 2.75) is 26.2 Å². The lowest BCUT2D eigenvalue weighted by Crippen LogP contribution is -2.36. The largest absolute Gasteiger partial charge is 0.497 e. The molecule has 1 atom stereocenters. The van der Waals surface area contributed by atoms with Gasteiger partial charge in [-0.05, 0) is 68.6 Å². The molecule has 3 rings (SSSR count). The SMILES string of the molecule is COc1ccc(-n2ccc(C(=O)NCCCN3CCCC(C)C3)n2)cc1. The summed E-state index contributed by atoms with van der Waals surface area (Å²) in [6, 6.07) is 9.31. The number of hydrogen-bond acceptors (Lipinski definition) is 4. The van der Waals surface area contributed by atoms with Crippen LogP contribution in [0.5, 0.6) is 5.75 Å². The van der Waals surface area contributed by atoms with Crippen LogP contribution in [0.15, 0.2) is 36.5 Å². The van der Waals surface area contributed by atoms with E-state index in [1.807, 2.05) is 24.3 Å². The Balaban J connectivity index is 1.45. The van der Waals surface area contributed by atoms with E-state index in [9.17, 15) is 4.79 Å². The van der Waals surface area contributed by atoms with Crippen LogP contribution < -0.4 is 10.1 Å². The molecule has 2 heterocycles. The summed E-state index contributed by atoms with van der Waals surface area (Å²) < 4.78 is 6.85. The Labute approximate surface area is 155 Å². The van der Waals surface area contributed by atoms with Gasteiger partial charge < -0.3 is 15.0 Å². The molecule has 6 nitrogen and oxygen atoms in total. The minimum Gasteiger partial charge on any atom is -0.497 e. The Morgan fingerprint density at radius 3 is 2.85 bits per heavy atom. The summed E-state index contributed by atoms with van der Waals surface area (Å²) in [5.74, 6) is 1.46. The van der Waals surface area contributed by atoms with E-state index in [1.165, 1.54) is 25.9 Å². The molecule has 0 spiro atoms. The van der Waals surface area contributed by atoms with Gasteiger partial charge in [-0.25, -0.2) is 4.68 Å². The molecular formula is C20H28N4O2. The summed E-state index contributed by atoms with van der Waals surface area (Å²) in [6.07, 6.45) is 5.39. The van der Waals surface area contributed by atoms with Crippen molar-refractivity contribution in [1.29, 1.82) is 0 Å². The van der Waals surface area contributed by atoms with E-state index in [-0.39, 0.29) is 5.91 Å². The minimum absolute atomic E-state index is 0.121. The molecule has 1 unspecified atom stereocenters. The Morgan fingerprint density at radius 2 is 2.12 bits per heavy atom. The van der Waals surface area contributed by atoms with E-state index in [1.54, 1.807) is 24.1 Å². The van der Waals surface area contributed by atoms with E-state index >= 15 is 0 Å². The van der Waals surface area contributed by atoms with E-state index in [0.717, 1.165) is 30.3 Å². The highest BCUT2D eigenvalue weighted by molar-refractivity contribution is 5.92. The number of ether oxygens (including phenoxy) is 1. The highest BCUT2D eigenvalue weighted by atomic mass is 16.5. The van der Waals surface area contributed by atoms with Crippen molar-refractivity contribution < 1.29 is 9.53 Å². The van der Waals surface area contributed by atoms with Crippen molar-refractivity contribution in [3.8, 4) is 11.4 Å². The van der Waals surface area contributed by atoms with Crippen molar-refractivity contribution in [3.05, 3.63) is 42.2 Å². The fourth-order valence-electron chi connectivity index (χ4n) is 3.41. The van der Waals surface area contributed by atoms with Gasteiger partial charge in [-0.15, -0.1) is 0 Å². The van der Waals surface area contributed by atoms with Gasteiger partial charge in [0.1, 0.15) is 5.75 Å². The standard InChI is InChI=1S/C20H28N4O2/c1-16-5-3-12-23(15-16)13-4-11-21-20(25)19-10-14-24(22-19)17-6-8-18(26-2)9-7-17/h6-10,14,16H,3-5,11-13,15H2,1-2H3,(H,21,25). The van der Waals surface area contributed by atoms with Gasteiger partial charge in [0.2, 0.25) is 0 Å². The number of carbonyl (C=O) groups is 1. The molecule has 1 fully saturated rings. The number of nitrogens with zero attached hydrogens (tertiary/aromatic N) is 3. The fraction of sp³-hybridized carbons (Fsp3) is 0.500. The number of nitrogens with one attached hydrogen (secondary N) is 1. The van der Waals surface area contributed by atoms with Gasteiger partial charge in [0, 0.05) is 19.3 Å². The first-order valence-electron chi connectivity index (χ1n) is 9.36. The molecule has 0 aliphatic carbocycles. The summed E-state index contributed by atoms with van der Waals surface area (Å²) in [4.78, 5) is 14.8. The van der Waals surface area contributed by atoms with Crippen LogP contribution >= 0.6 is 0 Å². The monoisotopic (exact) mass is 356 g/mol. The van der Waals surface area contributed by atoms with Crippen LogP contribution in [0.25, 0.3) is 5.69 Å². The molecule has 1 amide bonds. The van der Waals surface area contributed by atoms with Crippen LogP contribution in [-0.2, 0) is 0 Å². The number of likely N-dealkylation sites (tertiary alicyclic amines) is 1. The lowest BCUT2D eigenvalue weighted by molar-refractivity contribution is 0.0944. The zero-order valence-corrected chi connectivity index (χ0v) is 15.6. The van der Waals surface area contributed by atoms with Crippen LogP contribution in [0.2, 0.25) is 0 Å². The average Bonchev–Trinajstić information content (AvgIpc) is 3.15. The highest BCUT2D eigenvalue weighted by Crippen LogP contribution is 2.16. The minimum atomic E-state index is -0.121. The maximum absolute atomic E-state index is 12.3. The molecule has 26 heavy (non-hydrogen) atoms. The number of hydrogen-bond donors (Lipinski definition) is 1. The number of piperidine rings is 1. The first-order chi connectivity index (χ1) is 12.7. The van der Waals surface area contributed by atoms with Crippen LogP contribution in [0.4, 0.5) is 0 Å². The first kappa shape index (κ1) is 18.5. The number of aromatic nitrogens is 2. The molecule has 6 heteroatoms. The lowest BCUT2D eigenvalue weighted by atomic mass is 10.0. The van der Waals surface area contributed by atoms with Crippen LogP contribution in [0, 0.1) is 5.92 Å². The summed E-state index contributed by atoms with van der Waals surface area (Å²) in [6.45, 7) is 6.40. The molecule has 0 saturated carbocycles. The van der Waals surface area contributed by atoms with E-state index in [4.69, 9.17) is 4.74 Å². The molecule has 1 saturated heterocycles. The predicted octanol–water partition coefficient (Wildman–Crippen LogP) is 2.73. The van der Waals surface area contributed by atoms with E-state index in [2.05, 4.69) is 22.2 Å². The molecule has 0 bridgehead atoms. The van der Waals surface area contributed by atoms with Crippen LogP contribution in [0.3, 0.4) is 0 Å². The quantitative estimate of drug-likeness (QED) is 0.775. The maximum Gasteiger partial charge on any atom is 0.271 e. The Kier molecular flexibility index (Phi) is 6.28. The van der Waals surface area contributed by atoms with Crippen molar-refractivity contribution in [1.82, 2.24) is 20.0 Å². The molecule has 140 valence electrons. The third kappa shape index (κ3) is 4.85. The summed E-state index contributed by atoms with van der Waals surface area (Å²) in [7, 11) is 1.64. The van der Waals surface area contributed by atoms with Gasteiger partial charge in [-0.1, -0.05) is 6.92 Å². The van der Waals surface area contributed by atoms with Gasteiger partial charge in [0.05, 0.1) is 12.8 Å². The van der Waals surface area contributed by atoms with Gasteiger partial charge in [-0.3, -0.25) is 4.79 Å². The van der Waals surface area contributed by atoms with Gasteiger partial charge in [0.25, 0.3) is 5.91 Å². The number of methoxy groups -OCH3 is 1. The third-order valence-corrected chi connectivity index (χ3v) is 4.84. The van der Waals surface area contributed by atoms with Crippen LogP contribution in [-0.4, -0.2) is 53.9 Å². The van der Waals surface area contributed by atoms with Gasteiger partial charge in [-0.2, -0.15) is 5.10 Å². The topological polar surface area (TPSA) is 59.4 Å². The average molecular weight is 356 g/mol. The smallest absolute Gasteiger partial charge is 0.271 e. The molecular weight excluding hydrogens is 328 g/mol. The predicted molar refractivity (Wildman–Crippen MR) is 102 cm³/mol.